The van der Waals surface area contributed by atoms with Crippen molar-refractivity contribution in [2.24, 2.45) is 0 Å². The van der Waals surface area contributed by atoms with Crippen molar-refractivity contribution in [1.82, 2.24) is 10.4 Å². The second-order valence-corrected chi connectivity index (χ2v) is 4.92. The minimum Gasteiger partial charge on any atom is -0.288 e. The number of carbonyl (C=O) groups excluding carboxylic acids is 1. The summed E-state index contributed by atoms with van der Waals surface area (Å²) in [5, 5.41) is 0.980. The van der Waals surface area contributed by atoms with Crippen LogP contribution in [0.25, 0.3) is 0 Å². The fourth-order valence-corrected chi connectivity index (χ4v) is 2.44. The van der Waals surface area contributed by atoms with E-state index >= 15 is 0 Å². The molecule has 1 N–H and O–H groups in total. The van der Waals surface area contributed by atoms with Gasteiger partial charge in [0.25, 0.3) is 0 Å². The Morgan fingerprint density at radius 2 is 2.15 bits per heavy atom. The van der Waals surface area contributed by atoms with E-state index in [4.69, 9.17) is 0 Å². The highest BCUT2D eigenvalue weighted by Crippen LogP contribution is 2.38. The van der Waals surface area contributed by atoms with Crippen molar-refractivity contribution in [3.63, 3.8) is 0 Å². The van der Waals surface area contributed by atoms with Gasteiger partial charge in [0.1, 0.15) is 6.04 Å². The van der Waals surface area contributed by atoms with Gasteiger partial charge in [0, 0.05) is 13.0 Å². The monoisotopic (exact) mass is 286 g/mol. The van der Waals surface area contributed by atoms with E-state index in [2.05, 4.69) is 5.43 Å². The molecular formula is C14H17F3N2O. The van der Waals surface area contributed by atoms with E-state index in [0.717, 1.165) is 23.4 Å². The first-order valence-corrected chi connectivity index (χ1v) is 6.63. The predicted octanol–water partition coefficient (Wildman–Crippen LogP) is 2.98. The molecule has 1 fully saturated rings. The van der Waals surface area contributed by atoms with Gasteiger partial charge in [-0.25, -0.2) is 5.01 Å². The molecule has 1 aromatic carbocycles. The molecule has 3 nitrogen and oxygen atoms in total. The lowest BCUT2D eigenvalue weighted by molar-refractivity contribution is -0.191. The standard InChI is InChI=1S/C14H17F3N2O/c1-2-4-10-5-3-6-11(9-10)13(14(15,16)17)19-8-7-12(20)18-19/h3,5-6,9,13H,2,4,7-8H2,1H3,(H,18,20). The summed E-state index contributed by atoms with van der Waals surface area (Å²) in [7, 11) is 0. The lowest BCUT2D eigenvalue weighted by atomic mass is 10.0. The highest BCUT2D eigenvalue weighted by molar-refractivity contribution is 5.77. The number of alkyl halides is 3. The molecule has 1 aromatic rings. The third-order valence-corrected chi connectivity index (χ3v) is 3.28. The SMILES string of the molecule is CCCc1cccc(C(N2CCC(=O)N2)C(F)(F)F)c1. The Hall–Kier alpha value is -1.56. The van der Waals surface area contributed by atoms with Gasteiger partial charge in [-0.2, -0.15) is 13.2 Å². The number of nitrogens with one attached hydrogen (secondary N) is 1. The van der Waals surface area contributed by atoms with Gasteiger partial charge < -0.3 is 0 Å². The van der Waals surface area contributed by atoms with E-state index in [1.165, 1.54) is 6.07 Å². The molecule has 1 unspecified atom stereocenters. The zero-order chi connectivity index (χ0) is 14.8. The smallest absolute Gasteiger partial charge is 0.288 e. The molecule has 0 aliphatic carbocycles. The highest BCUT2D eigenvalue weighted by atomic mass is 19.4. The van der Waals surface area contributed by atoms with Crippen LogP contribution in [0.4, 0.5) is 13.2 Å². The number of halogens is 3. The maximum absolute atomic E-state index is 13.3. The van der Waals surface area contributed by atoms with Crippen LogP contribution < -0.4 is 5.43 Å². The molecular weight excluding hydrogens is 269 g/mol. The number of nitrogens with zero attached hydrogens (tertiary/aromatic N) is 1. The average Bonchev–Trinajstić information content (AvgIpc) is 2.75. The van der Waals surface area contributed by atoms with Crippen LogP contribution in [-0.2, 0) is 11.2 Å². The number of carbonyl (C=O) groups is 1. The topological polar surface area (TPSA) is 32.3 Å². The quantitative estimate of drug-likeness (QED) is 0.923. The van der Waals surface area contributed by atoms with Crippen LogP contribution in [0.15, 0.2) is 24.3 Å². The molecule has 0 bridgehead atoms. The summed E-state index contributed by atoms with van der Waals surface area (Å²) in [6.07, 6.45) is -2.71. The van der Waals surface area contributed by atoms with Crippen molar-refractivity contribution in [1.29, 1.82) is 0 Å². The van der Waals surface area contributed by atoms with E-state index in [-0.39, 0.29) is 24.4 Å². The number of benzene rings is 1. The molecule has 1 aliphatic heterocycles. The molecule has 0 radical (unpaired) electrons. The summed E-state index contributed by atoms with van der Waals surface area (Å²) in [5.74, 6) is -0.371. The number of amides is 1. The van der Waals surface area contributed by atoms with Gasteiger partial charge in [-0.1, -0.05) is 37.6 Å². The summed E-state index contributed by atoms with van der Waals surface area (Å²) in [5.41, 5.74) is 3.34. The molecule has 2 rings (SSSR count). The number of hydrazine groups is 1. The van der Waals surface area contributed by atoms with Crippen LogP contribution in [0.1, 0.15) is 36.9 Å². The van der Waals surface area contributed by atoms with Crippen LogP contribution in [0.5, 0.6) is 0 Å². The fraction of sp³-hybridized carbons (Fsp3) is 0.500. The van der Waals surface area contributed by atoms with Crippen molar-refractivity contribution in [3.05, 3.63) is 35.4 Å². The number of hydrogen-bond acceptors (Lipinski definition) is 2. The average molecular weight is 286 g/mol. The predicted molar refractivity (Wildman–Crippen MR) is 68.7 cm³/mol. The minimum absolute atomic E-state index is 0.0705. The first-order chi connectivity index (χ1) is 9.41. The van der Waals surface area contributed by atoms with Gasteiger partial charge in [0.05, 0.1) is 0 Å². The van der Waals surface area contributed by atoms with Crippen molar-refractivity contribution >= 4 is 5.91 Å². The van der Waals surface area contributed by atoms with Gasteiger partial charge in [0.15, 0.2) is 0 Å². The second kappa shape index (κ2) is 5.83. The maximum atomic E-state index is 13.3. The van der Waals surface area contributed by atoms with Gasteiger partial charge in [0.2, 0.25) is 5.91 Å². The zero-order valence-corrected chi connectivity index (χ0v) is 11.2. The first kappa shape index (κ1) is 14.8. The molecule has 0 spiro atoms. The van der Waals surface area contributed by atoms with Crippen molar-refractivity contribution in [2.45, 2.75) is 38.4 Å². The van der Waals surface area contributed by atoms with E-state index in [1.807, 2.05) is 13.0 Å². The lowest BCUT2D eigenvalue weighted by Gasteiger charge is -2.29. The van der Waals surface area contributed by atoms with E-state index in [1.54, 1.807) is 12.1 Å². The number of hydrogen-bond donors (Lipinski definition) is 1. The second-order valence-electron chi connectivity index (χ2n) is 4.92. The van der Waals surface area contributed by atoms with Crippen molar-refractivity contribution in [3.8, 4) is 0 Å². The Morgan fingerprint density at radius 1 is 1.40 bits per heavy atom. The van der Waals surface area contributed by atoms with Crippen LogP contribution in [-0.4, -0.2) is 23.6 Å². The van der Waals surface area contributed by atoms with Crippen LogP contribution in [0.3, 0.4) is 0 Å². The van der Waals surface area contributed by atoms with Gasteiger partial charge in [-0.05, 0) is 17.5 Å². The summed E-state index contributed by atoms with van der Waals surface area (Å²) in [6, 6.07) is 4.71. The van der Waals surface area contributed by atoms with E-state index in [9.17, 15) is 18.0 Å². The van der Waals surface area contributed by atoms with E-state index < -0.39 is 12.2 Å². The molecule has 1 saturated heterocycles. The van der Waals surface area contributed by atoms with Crippen LogP contribution >= 0.6 is 0 Å². The Balaban J connectivity index is 2.31. The third kappa shape index (κ3) is 3.30. The molecule has 1 atom stereocenters. The molecule has 20 heavy (non-hydrogen) atoms. The highest BCUT2D eigenvalue weighted by Gasteiger charge is 2.46. The summed E-state index contributed by atoms with van der Waals surface area (Å²) in [6.45, 7) is 2.05. The van der Waals surface area contributed by atoms with Gasteiger partial charge in [-0.15, -0.1) is 0 Å². The first-order valence-electron chi connectivity index (χ1n) is 6.63. The van der Waals surface area contributed by atoms with Crippen LogP contribution in [0, 0.1) is 0 Å². The van der Waals surface area contributed by atoms with Crippen LogP contribution in [0.2, 0.25) is 0 Å². The fourth-order valence-electron chi connectivity index (χ4n) is 2.44. The largest absolute Gasteiger partial charge is 0.409 e. The third-order valence-electron chi connectivity index (χ3n) is 3.28. The molecule has 0 aromatic heterocycles. The summed E-state index contributed by atoms with van der Waals surface area (Å²) >= 11 is 0. The van der Waals surface area contributed by atoms with Gasteiger partial charge >= 0.3 is 6.18 Å². The molecule has 110 valence electrons. The molecule has 0 saturated carbocycles. The lowest BCUT2D eigenvalue weighted by Crippen LogP contribution is -2.43. The van der Waals surface area contributed by atoms with E-state index in [0.29, 0.717) is 0 Å². The zero-order valence-electron chi connectivity index (χ0n) is 11.2. The molecule has 1 amide bonds. The normalized spacial score (nSPS) is 18.1. The summed E-state index contributed by atoms with van der Waals surface area (Å²) < 4.78 is 39.9. The Bertz CT molecular complexity index is 488. The molecule has 1 aliphatic rings. The number of rotatable bonds is 4. The maximum Gasteiger partial charge on any atom is 0.409 e. The van der Waals surface area contributed by atoms with Crippen molar-refractivity contribution < 1.29 is 18.0 Å². The Morgan fingerprint density at radius 3 is 2.70 bits per heavy atom. The Kier molecular flexibility index (Phi) is 4.32. The van der Waals surface area contributed by atoms with Gasteiger partial charge in [-0.3, -0.25) is 10.2 Å². The summed E-state index contributed by atoms with van der Waals surface area (Å²) in [4.78, 5) is 11.2. The molecule has 1 heterocycles. The van der Waals surface area contributed by atoms with Crippen molar-refractivity contribution in [2.75, 3.05) is 6.54 Å². The number of aryl methyl sites for hydroxylation is 1. The minimum atomic E-state index is -4.43. The Labute approximate surface area is 115 Å². The molecule has 6 heteroatoms.